The molecule has 184 valence electrons. The molecule has 0 spiro atoms. The summed E-state index contributed by atoms with van der Waals surface area (Å²) in [6.45, 7) is 0. The van der Waals surface area contributed by atoms with Crippen LogP contribution in [0.15, 0.2) is 65.8 Å². The number of nitrogens with one attached hydrogen (secondary N) is 1. The van der Waals surface area contributed by atoms with Crippen molar-refractivity contribution in [3.8, 4) is 23.0 Å². The van der Waals surface area contributed by atoms with Crippen LogP contribution in [0.4, 0.5) is 0 Å². The lowest BCUT2D eigenvalue weighted by Crippen LogP contribution is -2.18. The Labute approximate surface area is 216 Å². The van der Waals surface area contributed by atoms with Gasteiger partial charge in [-0.25, -0.2) is 10.2 Å². The van der Waals surface area contributed by atoms with Crippen LogP contribution in [0.1, 0.15) is 25.6 Å². The Morgan fingerprint density at radius 2 is 1.61 bits per heavy atom. The minimum Gasteiger partial charge on any atom is -0.493 e. The minimum absolute atomic E-state index is 0.281. The maximum absolute atomic E-state index is 12.6. The third-order valence-electron chi connectivity index (χ3n) is 5.12. The monoisotopic (exact) mass is 524 g/mol. The molecule has 10 heteroatoms. The zero-order valence-electron chi connectivity index (χ0n) is 19.5. The summed E-state index contributed by atoms with van der Waals surface area (Å²) < 4.78 is 22.2. The molecule has 4 rings (SSSR count). The van der Waals surface area contributed by atoms with Crippen molar-refractivity contribution < 1.29 is 28.5 Å². The van der Waals surface area contributed by atoms with Crippen LogP contribution in [0.2, 0.25) is 5.02 Å². The lowest BCUT2D eigenvalue weighted by Gasteiger charge is -2.13. The Morgan fingerprint density at radius 3 is 2.22 bits per heavy atom. The molecule has 0 radical (unpaired) electrons. The highest BCUT2D eigenvalue weighted by molar-refractivity contribution is 7.21. The van der Waals surface area contributed by atoms with E-state index in [1.54, 1.807) is 24.3 Å². The van der Waals surface area contributed by atoms with Crippen molar-refractivity contribution in [1.29, 1.82) is 0 Å². The van der Waals surface area contributed by atoms with E-state index in [0.29, 0.717) is 38.5 Å². The number of hydrogen-bond acceptors (Lipinski definition) is 8. The number of benzene rings is 3. The second-order valence-electron chi connectivity index (χ2n) is 7.31. The van der Waals surface area contributed by atoms with Gasteiger partial charge in [0.2, 0.25) is 5.75 Å². The molecule has 1 aromatic heterocycles. The Bertz CT molecular complexity index is 1420. The fourth-order valence-electron chi connectivity index (χ4n) is 3.36. The van der Waals surface area contributed by atoms with Crippen LogP contribution in [0, 0.1) is 0 Å². The van der Waals surface area contributed by atoms with Gasteiger partial charge in [-0.2, -0.15) is 5.10 Å². The van der Waals surface area contributed by atoms with E-state index in [1.165, 1.54) is 51.0 Å². The maximum atomic E-state index is 12.6. The van der Waals surface area contributed by atoms with Gasteiger partial charge in [0.1, 0.15) is 10.6 Å². The zero-order valence-corrected chi connectivity index (χ0v) is 21.1. The fourth-order valence-corrected chi connectivity index (χ4v) is 4.75. The predicted molar refractivity (Wildman–Crippen MR) is 139 cm³/mol. The van der Waals surface area contributed by atoms with E-state index < -0.39 is 11.9 Å². The van der Waals surface area contributed by atoms with Crippen LogP contribution in [0.25, 0.3) is 10.1 Å². The smallest absolute Gasteiger partial charge is 0.355 e. The predicted octanol–water partition coefficient (Wildman–Crippen LogP) is 5.56. The first kappa shape index (κ1) is 25.0. The largest absolute Gasteiger partial charge is 0.493 e. The molecule has 0 atom stereocenters. The summed E-state index contributed by atoms with van der Waals surface area (Å²) >= 11 is 7.64. The minimum atomic E-state index is -0.528. The average molecular weight is 525 g/mol. The van der Waals surface area contributed by atoms with Gasteiger partial charge in [-0.05, 0) is 48.0 Å². The van der Waals surface area contributed by atoms with Crippen molar-refractivity contribution in [1.82, 2.24) is 5.43 Å². The number of carbonyl (C=O) groups is 2. The van der Waals surface area contributed by atoms with Crippen molar-refractivity contribution in [2.75, 3.05) is 21.3 Å². The molecule has 1 heterocycles. The number of hydrazone groups is 1. The van der Waals surface area contributed by atoms with E-state index in [2.05, 4.69) is 10.5 Å². The SMILES string of the molecule is COc1cc(C(=O)N/N=C/c2ccc(OC(=O)c3sc4ccccc4c3Cl)cc2)cc(OC)c1OC. The molecule has 8 nitrogen and oxygen atoms in total. The Kier molecular flexibility index (Phi) is 7.72. The van der Waals surface area contributed by atoms with E-state index in [9.17, 15) is 9.59 Å². The van der Waals surface area contributed by atoms with E-state index in [-0.39, 0.29) is 5.56 Å². The molecular weight excluding hydrogens is 504 g/mol. The maximum Gasteiger partial charge on any atom is 0.355 e. The summed E-state index contributed by atoms with van der Waals surface area (Å²) in [5, 5.41) is 5.18. The number of fused-ring (bicyclic) bond motifs is 1. The standard InChI is InChI=1S/C26H21ClN2O6S/c1-32-19-12-16(13-20(33-2)23(19)34-3)25(30)29-28-14-15-8-10-17(11-9-15)35-26(31)24-22(27)18-6-4-5-7-21(18)36-24/h4-14H,1-3H3,(H,29,30)/b28-14+. The van der Waals surface area contributed by atoms with Gasteiger partial charge in [-0.1, -0.05) is 29.8 Å². The van der Waals surface area contributed by atoms with Crippen molar-refractivity contribution in [2.45, 2.75) is 0 Å². The van der Waals surface area contributed by atoms with E-state index >= 15 is 0 Å². The van der Waals surface area contributed by atoms with Crippen molar-refractivity contribution >= 4 is 51.1 Å². The highest BCUT2D eigenvalue weighted by atomic mass is 35.5. The van der Waals surface area contributed by atoms with Crippen molar-refractivity contribution in [3.63, 3.8) is 0 Å². The van der Waals surface area contributed by atoms with Crippen LogP contribution < -0.4 is 24.4 Å². The number of rotatable bonds is 8. The van der Waals surface area contributed by atoms with Gasteiger partial charge in [-0.15, -0.1) is 11.3 Å². The molecule has 4 aromatic rings. The number of esters is 1. The molecule has 0 saturated heterocycles. The van der Waals surface area contributed by atoms with Gasteiger partial charge < -0.3 is 18.9 Å². The van der Waals surface area contributed by atoms with Gasteiger partial charge >= 0.3 is 5.97 Å². The molecule has 1 amide bonds. The molecule has 0 unspecified atom stereocenters. The number of ether oxygens (including phenoxy) is 4. The number of amides is 1. The number of thiophene rings is 1. The Morgan fingerprint density at radius 1 is 0.944 bits per heavy atom. The van der Waals surface area contributed by atoms with Crippen LogP contribution >= 0.6 is 22.9 Å². The summed E-state index contributed by atoms with van der Waals surface area (Å²) in [6, 6.07) is 17.2. The molecule has 3 aromatic carbocycles. The van der Waals surface area contributed by atoms with E-state index in [1.807, 2.05) is 24.3 Å². The van der Waals surface area contributed by atoms with Crippen LogP contribution in [-0.2, 0) is 0 Å². The lowest BCUT2D eigenvalue weighted by molar-refractivity contribution is 0.0739. The summed E-state index contributed by atoms with van der Waals surface area (Å²) in [7, 11) is 4.42. The number of carbonyl (C=O) groups excluding carboxylic acids is 2. The molecular formula is C26H21ClN2O6S. The number of halogens is 1. The second-order valence-corrected chi connectivity index (χ2v) is 8.74. The number of methoxy groups -OCH3 is 3. The zero-order chi connectivity index (χ0) is 25.7. The number of hydrogen-bond donors (Lipinski definition) is 1. The van der Waals surface area contributed by atoms with Crippen LogP contribution in [-0.4, -0.2) is 39.4 Å². The molecule has 1 N–H and O–H groups in total. The van der Waals surface area contributed by atoms with Gasteiger partial charge in [0, 0.05) is 15.6 Å². The molecule has 0 saturated carbocycles. The summed E-state index contributed by atoms with van der Waals surface area (Å²) in [4.78, 5) is 25.5. The first-order chi connectivity index (χ1) is 17.4. The number of nitrogens with zero attached hydrogens (tertiary/aromatic N) is 1. The van der Waals surface area contributed by atoms with Crippen LogP contribution in [0.3, 0.4) is 0 Å². The van der Waals surface area contributed by atoms with Gasteiger partial charge in [0.15, 0.2) is 11.5 Å². The van der Waals surface area contributed by atoms with Gasteiger partial charge in [-0.3, -0.25) is 4.79 Å². The molecule has 0 aliphatic heterocycles. The fraction of sp³-hybridized carbons (Fsp3) is 0.115. The Balaban J connectivity index is 1.40. The first-order valence-corrected chi connectivity index (χ1v) is 11.8. The third kappa shape index (κ3) is 5.27. The topological polar surface area (TPSA) is 95.5 Å². The molecule has 36 heavy (non-hydrogen) atoms. The molecule has 0 fully saturated rings. The average Bonchev–Trinajstić information content (AvgIpc) is 3.25. The van der Waals surface area contributed by atoms with E-state index in [4.69, 9.17) is 30.5 Å². The second kappa shape index (κ2) is 11.1. The normalized spacial score (nSPS) is 10.9. The van der Waals surface area contributed by atoms with Crippen LogP contribution in [0.5, 0.6) is 23.0 Å². The summed E-state index contributed by atoms with van der Waals surface area (Å²) in [6.07, 6.45) is 1.46. The van der Waals surface area contributed by atoms with E-state index in [0.717, 1.165) is 10.1 Å². The molecule has 0 aliphatic carbocycles. The highest BCUT2D eigenvalue weighted by Crippen LogP contribution is 2.38. The molecule has 0 aliphatic rings. The highest BCUT2D eigenvalue weighted by Gasteiger charge is 2.19. The quantitative estimate of drug-likeness (QED) is 0.140. The van der Waals surface area contributed by atoms with Crippen molar-refractivity contribution in [3.05, 3.63) is 81.7 Å². The lowest BCUT2D eigenvalue weighted by atomic mass is 10.1. The van der Waals surface area contributed by atoms with Crippen molar-refractivity contribution in [2.24, 2.45) is 5.10 Å². The Hall–Kier alpha value is -4.08. The molecule has 0 bridgehead atoms. The van der Waals surface area contributed by atoms with Gasteiger partial charge in [0.25, 0.3) is 5.91 Å². The van der Waals surface area contributed by atoms with Gasteiger partial charge in [0.05, 0.1) is 32.6 Å². The summed E-state index contributed by atoms with van der Waals surface area (Å²) in [5.74, 6) is 0.459. The third-order valence-corrected chi connectivity index (χ3v) is 6.77. The summed E-state index contributed by atoms with van der Waals surface area (Å²) in [5.41, 5.74) is 3.42. The first-order valence-electron chi connectivity index (χ1n) is 10.6.